The molecule has 1 rings (SSSR count). The summed E-state index contributed by atoms with van der Waals surface area (Å²) in [5.41, 5.74) is 1.27. The summed E-state index contributed by atoms with van der Waals surface area (Å²) in [7, 11) is 1.67. The molecule has 0 heterocycles. The van der Waals surface area contributed by atoms with E-state index in [0.717, 1.165) is 38.3 Å². The summed E-state index contributed by atoms with van der Waals surface area (Å²) in [6.45, 7) is 7.24. The third-order valence-corrected chi connectivity index (χ3v) is 3.38. The van der Waals surface area contributed by atoms with Gasteiger partial charge in [0.1, 0.15) is 5.75 Å². The van der Waals surface area contributed by atoms with Gasteiger partial charge in [0.05, 0.1) is 7.11 Å². The Balaban J connectivity index is 2.16. The zero-order chi connectivity index (χ0) is 14.8. The number of ether oxygens (including phenoxy) is 1. The van der Waals surface area contributed by atoms with Gasteiger partial charge in [-0.25, -0.2) is 0 Å². The van der Waals surface area contributed by atoms with E-state index in [9.17, 15) is 4.79 Å². The zero-order valence-electron chi connectivity index (χ0n) is 12.8. The highest BCUT2D eigenvalue weighted by molar-refractivity contribution is 5.76. The summed E-state index contributed by atoms with van der Waals surface area (Å²) < 4.78 is 5.12. The molecule has 0 atom stereocenters. The van der Waals surface area contributed by atoms with Gasteiger partial charge in [-0.15, -0.1) is 0 Å². The summed E-state index contributed by atoms with van der Waals surface area (Å²) in [6, 6.07) is 8.08. The summed E-state index contributed by atoms with van der Waals surface area (Å²) in [5, 5.41) is 3.32. The van der Waals surface area contributed by atoms with Crippen LogP contribution in [0.4, 0.5) is 0 Å². The Bertz CT molecular complexity index is 386. The number of amides is 1. The van der Waals surface area contributed by atoms with Crippen molar-refractivity contribution >= 4 is 5.91 Å². The lowest BCUT2D eigenvalue weighted by atomic mass is 10.1. The number of nitrogens with one attached hydrogen (secondary N) is 1. The lowest BCUT2D eigenvalue weighted by molar-refractivity contribution is -0.130. The van der Waals surface area contributed by atoms with Gasteiger partial charge in [0.2, 0.25) is 5.91 Å². The molecule has 0 radical (unpaired) electrons. The van der Waals surface area contributed by atoms with E-state index in [-0.39, 0.29) is 5.91 Å². The minimum absolute atomic E-state index is 0.229. The van der Waals surface area contributed by atoms with E-state index in [2.05, 4.69) is 17.4 Å². The summed E-state index contributed by atoms with van der Waals surface area (Å²) in [6.07, 6.45) is 1.54. The Morgan fingerprint density at radius 2 is 1.80 bits per heavy atom. The smallest absolute Gasteiger partial charge is 0.223 e. The normalized spacial score (nSPS) is 10.3. The van der Waals surface area contributed by atoms with Crippen molar-refractivity contribution in [3.8, 4) is 5.75 Å². The molecule has 0 aliphatic rings. The maximum absolute atomic E-state index is 11.8. The number of carbonyl (C=O) groups is 1. The fraction of sp³-hybridized carbons (Fsp3) is 0.562. The average Bonchev–Trinajstić information content (AvgIpc) is 2.49. The van der Waals surface area contributed by atoms with E-state index >= 15 is 0 Å². The van der Waals surface area contributed by atoms with E-state index in [0.29, 0.717) is 6.42 Å². The second kappa shape index (κ2) is 9.37. The van der Waals surface area contributed by atoms with Crippen LogP contribution in [-0.2, 0) is 11.2 Å². The number of nitrogens with zero attached hydrogens (tertiary/aromatic N) is 1. The predicted molar refractivity (Wildman–Crippen MR) is 82.1 cm³/mol. The van der Waals surface area contributed by atoms with Gasteiger partial charge >= 0.3 is 0 Å². The molecule has 1 aromatic rings. The molecule has 0 unspecified atom stereocenters. The molecule has 0 saturated heterocycles. The van der Waals surface area contributed by atoms with Gasteiger partial charge < -0.3 is 15.0 Å². The van der Waals surface area contributed by atoms with E-state index in [1.54, 1.807) is 7.11 Å². The molecule has 1 amide bonds. The fourth-order valence-corrected chi connectivity index (χ4v) is 2.08. The van der Waals surface area contributed by atoms with E-state index in [1.807, 2.05) is 30.9 Å². The van der Waals surface area contributed by atoms with Crippen molar-refractivity contribution in [1.29, 1.82) is 0 Å². The SMILES string of the molecule is CCN(CC)C(=O)CCNCCc1ccc(OC)cc1. The van der Waals surface area contributed by atoms with Gasteiger partial charge in [0.25, 0.3) is 0 Å². The average molecular weight is 278 g/mol. The number of methoxy groups -OCH3 is 1. The Hall–Kier alpha value is -1.55. The minimum atomic E-state index is 0.229. The number of carbonyl (C=O) groups excluding carboxylic acids is 1. The quantitative estimate of drug-likeness (QED) is 0.703. The second-order valence-corrected chi connectivity index (χ2v) is 4.66. The number of hydrogen-bond acceptors (Lipinski definition) is 3. The van der Waals surface area contributed by atoms with Crippen molar-refractivity contribution in [2.45, 2.75) is 26.7 Å². The van der Waals surface area contributed by atoms with Crippen molar-refractivity contribution in [1.82, 2.24) is 10.2 Å². The highest BCUT2D eigenvalue weighted by atomic mass is 16.5. The van der Waals surface area contributed by atoms with Crippen LogP contribution >= 0.6 is 0 Å². The molecule has 112 valence electrons. The molecule has 0 bridgehead atoms. The fourth-order valence-electron chi connectivity index (χ4n) is 2.08. The molecular formula is C16H26N2O2. The maximum atomic E-state index is 11.8. The summed E-state index contributed by atoms with van der Waals surface area (Å²) >= 11 is 0. The molecule has 1 aromatic carbocycles. The van der Waals surface area contributed by atoms with Crippen molar-refractivity contribution in [3.63, 3.8) is 0 Å². The van der Waals surface area contributed by atoms with Gasteiger partial charge in [-0.1, -0.05) is 12.1 Å². The molecule has 0 spiro atoms. The van der Waals surface area contributed by atoms with Gasteiger partial charge in [-0.3, -0.25) is 4.79 Å². The van der Waals surface area contributed by atoms with Crippen LogP contribution in [0.2, 0.25) is 0 Å². The Morgan fingerprint density at radius 1 is 1.15 bits per heavy atom. The first-order valence-electron chi connectivity index (χ1n) is 7.32. The van der Waals surface area contributed by atoms with Crippen LogP contribution in [0.1, 0.15) is 25.8 Å². The Labute approximate surface area is 122 Å². The van der Waals surface area contributed by atoms with Crippen molar-refractivity contribution < 1.29 is 9.53 Å². The molecule has 0 saturated carbocycles. The van der Waals surface area contributed by atoms with Crippen LogP contribution in [0, 0.1) is 0 Å². The lowest BCUT2D eigenvalue weighted by Crippen LogP contribution is -2.33. The van der Waals surface area contributed by atoms with Crippen LogP contribution < -0.4 is 10.1 Å². The molecule has 0 aliphatic carbocycles. The van der Waals surface area contributed by atoms with E-state index < -0.39 is 0 Å². The largest absolute Gasteiger partial charge is 0.497 e. The van der Waals surface area contributed by atoms with Crippen LogP contribution in [-0.4, -0.2) is 44.1 Å². The molecule has 4 nitrogen and oxygen atoms in total. The van der Waals surface area contributed by atoms with E-state index in [4.69, 9.17) is 4.74 Å². The van der Waals surface area contributed by atoms with Crippen LogP contribution in [0.3, 0.4) is 0 Å². The number of rotatable bonds is 9. The standard InChI is InChI=1S/C16H26N2O2/c1-4-18(5-2)16(19)11-13-17-12-10-14-6-8-15(20-3)9-7-14/h6-9,17H,4-5,10-13H2,1-3H3. The molecule has 4 heteroatoms. The molecule has 20 heavy (non-hydrogen) atoms. The van der Waals surface area contributed by atoms with Gasteiger partial charge in [0.15, 0.2) is 0 Å². The predicted octanol–water partition coefficient (Wildman–Crippen LogP) is 2.09. The minimum Gasteiger partial charge on any atom is -0.497 e. The molecule has 0 fully saturated rings. The highest BCUT2D eigenvalue weighted by Crippen LogP contribution is 2.11. The van der Waals surface area contributed by atoms with Crippen LogP contribution in [0.25, 0.3) is 0 Å². The number of benzene rings is 1. The van der Waals surface area contributed by atoms with Crippen LogP contribution in [0.15, 0.2) is 24.3 Å². The molecule has 0 aromatic heterocycles. The first-order valence-corrected chi connectivity index (χ1v) is 7.32. The van der Waals surface area contributed by atoms with Crippen molar-refractivity contribution in [3.05, 3.63) is 29.8 Å². The van der Waals surface area contributed by atoms with Crippen molar-refractivity contribution in [2.75, 3.05) is 33.3 Å². The maximum Gasteiger partial charge on any atom is 0.223 e. The first-order chi connectivity index (χ1) is 9.71. The summed E-state index contributed by atoms with van der Waals surface area (Å²) in [5.74, 6) is 1.11. The topological polar surface area (TPSA) is 41.6 Å². The highest BCUT2D eigenvalue weighted by Gasteiger charge is 2.07. The molecular weight excluding hydrogens is 252 g/mol. The zero-order valence-corrected chi connectivity index (χ0v) is 12.8. The van der Waals surface area contributed by atoms with Crippen LogP contribution in [0.5, 0.6) is 5.75 Å². The Morgan fingerprint density at radius 3 is 2.35 bits per heavy atom. The molecule has 0 aliphatic heterocycles. The monoisotopic (exact) mass is 278 g/mol. The van der Waals surface area contributed by atoms with Gasteiger partial charge in [0, 0.05) is 26.1 Å². The third-order valence-electron chi connectivity index (χ3n) is 3.38. The third kappa shape index (κ3) is 5.61. The lowest BCUT2D eigenvalue weighted by Gasteiger charge is -2.18. The van der Waals surface area contributed by atoms with Gasteiger partial charge in [-0.05, 0) is 44.5 Å². The Kier molecular flexibility index (Phi) is 7.73. The number of hydrogen-bond donors (Lipinski definition) is 1. The first kappa shape index (κ1) is 16.5. The summed E-state index contributed by atoms with van der Waals surface area (Å²) in [4.78, 5) is 13.6. The van der Waals surface area contributed by atoms with Gasteiger partial charge in [-0.2, -0.15) is 0 Å². The molecule has 1 N–H and O–H groups in total. The van der Waals surface area contributed by atoms with Crippen molar-refractivity contribution in [2.24, 2.45) is 0 Å². The van der Waals surface area contributed by atoms with E-state index in [1.165, 1.54) is 5.56 Å². The second-order valence-electron chi connectivity index (χ2n) is 4.66.